The minimum atomic E-state index is -0.773. The number of allylic oxidation sites excluding steroid dienone is 10. The van der Waals surface area contributed by atoms with Crippen LogP contribution in [0.2, 0.25) is 0 Å². The summed E-state index contributed by atoms with van der Waals surface area (Å²) in [5.74, 6) is -0.860. The minimum Gasteiger partial charge on any atom is -0.462 e. The molecule has 1 atom stereocenters. The Morgan fingerprint density at radius 1 is 0.276 bits per heavy atom. The van der Waals surface area contributed by atoms with Crippen molar-refractivity contribution in [2.75, 3.05) is 13.2 Å². The van der Waals surface area contributed by atoms with Gasteiger partial charge in [0.2, 0.25) is 0 Å². The molecule has 0 spiro atoms. The largest absolute Gasteiger partial charge is 0.462 e. The van der Waals surface area contributed by atoms with Gasteiger partial charge in [-0.1, -0.05) is 306 Å². The first-order valence-corrected chi connectivity index (χ1v) is 33.3. The molecule has 0 amide bonds. The van der Waals surface area contributed by atoms with Gasteiger partial charge in [0, 0.05) is 19.3 Å². The SMILES string of the molecule is CC/C=C\C/C=C\C/C=C\C/C=C\CCCCCCCCCCCCCCCCCCCCCCC(=O)OCC(COC(=O)CCCCCCCCCCCCCC)OC(=O)CCCCCCC/C=C\CCCCCC. The molecule has 0 fully saturated rings. The standard InChI is InChI=1S/C70H126O6/c1-4-7-10-13-16-19-22-25-26-27-28-29-30-31-32-33-34-35-36-37-38-39-40-41-42-43-44-46-48-51-54-57-60-63-69(72)75-66-67(65-74-68(71)62-59-56-53-50-47-24-21-18-15-12-9-6-3)76-70(73)64-61-58-55-52-49-45-23-20-17-14-11-8-5-2/h7,10,16,19-20,23,25-26,28-29,67H,4-6,8-9,11-15,17-18,21-22,24,27,30-66H2,1-3H3/b10-7-,19-16-,23-20-,26-25-,29-28-. The zero-order valence-electron chi connectivity index (χ0n) is 50.8. The summed E-state index contributed by atoms with van der Waals surface area (Å²) < 4.78 is 16.9. The van der Waals surface area contributed by atoms with Crippen LogP contribution in [0, 0.1) is 0 Å². The third kappa shape index (κ3) is 62.0. The maximum absolute atomic E-state index is 12.9. The lowest BCUT2D eigenvalue weighted by atomic mass is 10.0. The highest BCUT2D eigenvalue weighted by Crippen LogP contribution is 2.18. The maximum atomic E-state index is 12.9. The average Bonchev–Trinajstić information content (AvgIpc) is 3.42. The highest BCUT2D eigenvalue weighted by Gasteiger charge is 2.19. The van der Waals surface area contributed by atoms with Crippen molar-refractivity contribution in [1.29, 1.82) is 0 Å². The van der Waals surface area contributed by atoms with Crippen LogP contribution in [-0.4, -0.2) is 37.2 Å². The topological polar surface area (TPSA) is 78.9 Å². The second-order valence-electron chi connectivity index (χ2n) is 22.4. The molecule has 0 aliphatic carbocycles. The third-order valence-electron chi connectivity index (χ3n) is 14.8. The van der Waals surface area contributed by atoms with Crippen molar-refractivity contribution in [3.05, 3.63) is 60.8 Å². The van der Waals surface area contributed by atoms with Gasteiger partial charge in [0.05, 0.1) is 0 Å². The van der Waals surface area contributed by atoms with Gasteiger partial charge in [0.25, 0.3) is 0 Å². The van der Waals surface area contributed by atoms with Crippen molar-refractivity contribution in [2.24, 2.45) is 0 Å². The summed E-state index contributed by atoms with van der Waals surface area (Å²) in [6, 6.07) is 0. The summed E-state index contributed by atoms with van der Waals surface area (Å²) in [5.41, 5.74) is 0. The van der Waals surface area contributed by atoms with Crippen molar-refractivity contribution in [1.82, 2.24) is 0 Å². The Hall–Kier alpha value is -2.89. The molecule has 0 aromatic heterocycles. The lowest BCUT2D eigenvalue weighted by Gasteiger charge is -2.18. The van der Waals surface area contributed by atoms with Gasteiger partial charge in [-0.05, 0) is 83.5 Å². The molecular weight excluding hydrogens is 937 g/mol. The molecular formula is C70H126O6. The van der Waals surface area contributed by atoms with E-state index in [4.69, 9.17) is 14.2 Å². The first kappa shape index (κ1) is 73.1. The predicted octanol–water partition coefficient (Wildman–Crippen LogP) is 22.7. The van der Waals surface area contributed by atoms with E-state index in [1.165, 1.54) is 218 Å². The van der Waals surface area contributed by atoms with Crippen LogP contribution >= 0.6 is 0 Å². The molecule has 442 valence electrons. The van der Waals surface area contributed by atoms with E-state index >= 15 is 0 Å². The van der Waals surface area contributed by atoms with Crippen molar-refractivity contribution < 1.29 is 28.6 Å². The average molecular weight is 1060 g/mol. The summed E-state index contributed by atoms with van der Waals surface area (Å²) in [5, 5.41) is 0. The van der Waals surface area contributed by atoms with E-state index in [1.54, 1.807) is 0 Å². The number of esters is 3. The molecule has 0 aliphatic heterocycles. The van der Waals surface area contributed by atoms with Crippen molar-refractivity contribution in [2.45, 2.75) is 354 Å². The molecule has 0 rings (SSSR count). The Bertz CT molecular complexity index is 1360. The number of hydrogen-bond donors (Lipinski definition) is 0. The van der Waals surface area contributed by atoms with Gasteiger partial charge >= 0.3 is 17.9 Å². The van der Waals surface area contributed by atoms with Crippen molar-refractivity contribution in [3.8, 4) is 0 Å². The number of rotatable bonds is 61. The zero-order valence-corrected chi connectivity index (χ0v) is 50.8. The lowest BCUT2D eigenvalue weighted by Crippen LogP contribution is -2.30. The summed E-state index contributed by atoms with van der Waals surface area (Å²) in [4.78, 5) is 38.2. The Morgan fingerprint density at radius 2 is 0.513 bits per heavy atom. The molecule has 0 radical (unpaired) electrons. The second kappa shape index (κ2) is 64.6. The van der Waals surface area contributed by atoms with Crippen molar-refractivity contribution in [3.63, 3.8) is 0 Å². The first-order chi connectivity index (χ1) is 37.5. The van der Waals surface area contributed by atoms with Crippen molar-refractivity contribution >= 4 is 17.9 Å². The molecule has 6 nitrogen and oxygen atoms in total. The van der Waals surface area contributed by atoms with E-state index in [2.05, 4.69) is 81.5 Å². The summed E-state index contributed by atoms with van der Waals surface area (Å²) >= 11 is 0. The highest BCUT2D eigenvalue weighted by molar-refractivity contribution is 5.71. The first-order valence-electron chi connectivity index (χ1n) is 33.3. The predicted molar refractivity (Wildman–Crippen MR) is 330 cm³/mol. The molecule has 1 unspecified atom stereocenters. The number of unbranched alkanes of at least 4 members (excludes halogenated alkanes) is 40. The van der Waals surface area contributed by atoms with Crippen LogP contribution < -0.4 is 0 Å². The quantitative estimate of drug-likeness (QED) is 0.0261. The zero-order chi connectivity index (χ0) is 55.0. The normalized spacial score (nSPS) is 12.4. The third-order valence-corrected chi connectivity index (χ3v) is 14.8. The van der Waals surface area contributed by atoms with E-state index in [0.717, 1.165) is 89.9 Å². The molecule has 0 bridgehead atoms. The Balaban J connectivity index is 4.06. The molecule has 0 aromatic rings. The van der Waals surface area contributed by atoms with E-state index in [1.807, 2.05) is 0 Å². The van der Waals surface area contributed by atoms with Crippen LogP contribution in [-0.2, 0) is 28.6 Å². The van der Waals surface area contributed by atoms with Gasteiger partial charge in [-0.25, -0.2) is 0 Å². The summed E-state index contributed by atoms with van der Waals surface area (Å²) in [7, 11) is 0. The van der Waals surface area contributed by atoms with Crippen LogP contribution in [0.1, 0.15) is 348 Å². The fraction of sp³-hybridized carbons (Fsp3) is 0.814. The molecule has 76 heavy (non-hydrogen) atoms. The molecule has 0 aromatic carbocycles. The number of carbonyl (C=O) groups excluding carboxylic acids is 3. The summed E-state index contributed by atoms with van der Waals surface area (Å²) in [6.45, 7) is 6.55. The van der Waals surface area contributed by atoms with Gasteiger partial charge < -0.3 is 14.2 Å². The van der Waals surface area contributed by atoms with Gasteiger partial charge in [0.15, 0.2) is 6.10 Å². The maximum Gasteiger partial charge on any atom is 0.306 e. The smallest absolute Gasteiger partial charge is 0.306 e. The number of hydrogen-bond acceptors (Lipinski definition) is 6. The monoisotopic (exact) mass is 1060 g/mol. The minimum absolute atomic E-state index is 0.0713. The number of carbonyl (C=O) groups is 3. The van der Waals surface area contributed by atoms with Gasteiger partial charge in [-0.3, -0.25) is 14.4 Å². The van der Waals surface area contributed by atoms with E-state index in [0.29, 0.717) is 19.3 Å². The Labute approximate surface area is 472 Å². The Morgan fingerprint density at radius 3 is 0.829 bits per heavy atom. The summed E-state index contributed by atoms with van der Waals surface area (Å²) in [6.07, 6.45) is 82.5. The molecule has 0 heterocycles. The molecule has 0 aliphatic rings. The molecule has 0 saturated carbocycles. The van der Waals surface area contributed by atoms with Crippen LogP contribution in [0.5, 0.6) is 0 Å². The Kier molecular flexibility index (Phi) is 62.2. The van der Waals surface area contributed by atoms with Gasteiger partial charge in [0.1, 0.15) is 13.2 Å². The highest BCUT2D eigenvalue weighted by atomic mass is 16.6. The van der Waals surface area contributed by atoms with Crippen LogP contribution in [0.25, 0.3) is 0 Å². The molecule has 0 saturated heterocycles. The fourth-order valence-corrected chi connectivity index (χ4v) is 9.79. The van der Waals surface area contributed by atoms with Crippen LogP contribution in [0.3, 0.4) is 0 Å². The van der Waals surface area contributed by atoms with Gasteiger partial charge in [-0.15, -0.1) is 0 Å². The van der Waals surface area contributed by atoms with Crippen LogP contribution in [0.4, 0.5) is 0 Å². The van der Waals surface area contributed by atoms with Gasteiger partial charge in [-0.2, -0.15) is 0 Å². The molecule has 0 N–H and O–H groups in total. The lowest BCUT2D eigenvalue weighted by molar-refractivity contribution is -0.167. The van der Waals surface area contributed by atoms with E-state index in [9.17, 15) is 14.4 Å². The van der Waals surface area contributed by atoms with E-state index < -0.39 is 6.10 Å². The van der Waals surface area contributed by atoms with Crippen LogP contribution in [0.15, 0.2) is 60.8 Å². The second-order valence-corrected chi connectivity index (χ2v) is 22.4. The number of ether oxygens (including phenoxy) is 3. The van der Waals surface area contributed by atoms with E-state index in [-0.39, 0.29) is 31.1 Å². The fourth-order valence-electron chi connectivity index (χ4n) is 9.79. The molecule has 6 heteroatoms.